The highest BCUT2D eigenvalue weighted by atomic mass is 32.2. The summed E-state index contributed by atoms with van der Waals surface area (Å²) in [5.41, 5.74) is 8.48. The van der Waals surface area contributed by atoms with Crippen molar-refractivity contribution < 1.29 is 27.8 Å². The predicted molar refractivity (Wildman–Crippen MR) is 186 cm³/mol. The minimum Gasteiger partial charge on any atom is -0.492 e. The lowest BCUT2D eigenvalue weighted by atomic mass is 9.86. The Morgan fingerprint density at radius 2 is 1.87 bits per heavy atom. The summed E-state index contributed by atoms with van der Waals surface area (Å²) >= 11 is 0. The molecule has 4 N–H and O–H groups in total. The fourth-order valence-electron chi connectivity index (χ4n) is 6.22. The number of aryl methyl sites for hydroxylation is 1. The second kappa shape index (κ2) is 13.3. The van der Waals surface area contributed by atoms with Crippen LogP contribution in [0.15, 0.2) is 54.7 Å². The number of benzene rings is 2. The Hall–Kier alpha value is -4.49. The molecule has 2 saturated heterocycles. The van der Waals surface area contributed by atoms with Crippen molar-refractivity contribution in [3.8, 4) is 17.2 Å². The van der Waals surface area contributed by atoms with Crippen LogP contribution >= 0.6 is 0 Å². The van der Waals surface area contributed by atoms with Crippen LogP contribution in [0.5, 0.6) is 17.2 Å². The highest BCUT2D eigenvalue weighted by Crippen LogP contribution is 2.37. The number of aromatic carboxylic acids is 1. The maximum absolute atomic E-state index is 11.5. The summed E-state index contributed by atoms with van der Waals surface area (Å²) < 4.78 is 38.1. The van der Waals surface area contributed by atoms with Crippen LogP contribution in [0.3, 0.4) is 0 Å². The number of fused-ring (bicyclic) bond motifs is 2. The second-order valence-electron chi connectivity index (χ2n) is 13.1. The van der Waals surface area contributed by atoms with Gasteiger partial charge in [-0.15, -0.1) is 0 Å². The number of rotatable bonds is 7. The lowest BCUT2D eigenvalue weighted by Gasteiger charge is -2.38. The Bertz CT molecular complexity index is 1880. The number of ether oxygens (including phenoxy) is 2. The predicted octanol–water partition coefficient (Wildman–Crippen LogP) is 5.29. The number of carboxylic acid groups (broad SMARTS) is 1. The molecule has 4 heterocycles. The van der Waals surface area contributed by atoms with Crippen molar-refractivity contribution in [2.75, 3.05) is 54.9 Å². The zero-order chi connectivity index (χ0) is 34.1. The van der Waals surface area contributed by atoms with E-state index in [0.717, 1.165) is 48.2 Å². The van der Waals surface area contributed by atoms with E-state index in [0.29, 0.717) is 34.7 Å². The quantitative estimate of drug-likeness (QED) is 0.222. The number of anilines is 3. The number of hydrogen-bond donors (Lipinski definition) is 3. The van der Waals surface area contributed by atoms with Gasteiger partial charge in [0.2, 0.25) is 10.0 Å². The van der Waals surface area contributed by atoms with Crippen molar-refractivity contribution >= 4 is 44.1 Å². The van der Waals surface area contributed by atoms with Crippen molar-refractivity contribution in [2.45, 2.75) is 45.1 Å². The van der Waals surface area contributed by atoms with Crippen LogP contribution in [-0.4, -0.2) is 79.5 Å². The van der Waals surface area contributed by atoms with Crippen LogP contribution in [0.25, 0.3) is 10.9 Å². The molecule has 0 amide bonds. The molecule has 13 heteroatoms. The van der Waals surface area contributed by atoms with Crippen molar-refractivity contribution in [3.05, 3.63) is 66.0 Å². The zero-order valence-corrected chi connectivity index (χ0v) is 28.6. The van der Waals surface area contributed by atoms with E-state index in [-0.39, 0.29) is 11.1 Å². The molecular weight excluding hydrogens is 620 g/mol. The third kappa shape index (κ3) is 7.74. The maximum atomic E-state index is 11.5. The summed E-state index contributed by atoms with van der Waals surface area (Å²) in [6.07, 6.45) is 5.41. The molecule has 252 valence electrons. The number of sulfonamides is 1. The SMILES string of the molecule is COc1c(N)cc(C(C)(C)C)cc1NS(C)(=O)=O.Cn1c(C(=O)O)cc2cccc(Oc3ccnc(N4CCN5CCCC5C4)c3)c21. The summed E-state index contributed by atoms with van der Waals surface area (Å²) in [4.78, 5) is 21.0. The van der Waals surface area contributed by atoms with Crippen LogP contribution in [0, 0.1) is 0 Å². The maximum Gasteiger partial charge on any atom is 0.352 e. The van der Waals surface area contributed by atoms with E-state index in [9.17, 15) is 18.3 Å². The number of pyridine rings is 1. The van der Waals surface area contributed by atoms with Crippen LogP contribution in [0.1, 0.15) is 49.7 Å². The molecule has 0 spiro atoms. The third-order valence-corrected chi connectivity index (χ3v) is 9.17. The minimum absolute atomic E-state index is 0.131. The van der Waals surface area contributed by atoms with Gasteiger partial charge in [0.1, 0.15) is 17.3 Å². The molecule has 0 bridgehead atoms. The monoisotopic (exact) mass is 664 g/mol. The number of nitrogens with one attached hydrogen (secondary N) is 1. The van der Waals surface area contributed by atoms with Gasteiger partial charge in [-0.1, -0.05) is 32.9 Å². The van der Waals surface area contributed by atoms with Crippen LogP contribution in [-0.2, 0) is 22.5 Å². The summed E-state index contributed by atoms with van der Waals surface area (Å²) in [6.45, 7) is 10.4. The molecule has 2 fully saturated rings. The van der Waals surface area contributed by atoms with Crippen LogP contribution < -0.4 is 24.8 Å². The highest BCUT2D eigenvalue weighted by Gasteiger charge is 2.31. The first-order valence-electron chi connectivity index (χ1n) is 15.5. The Morgan fingerprint density at radius 3 is 2.55 bits per heavy atom. The molecule has 0 radical (unpaired) electrons. The van der Waals surface area contributed by atoms with Gasteiger partial charge in [-0.05, 0) is 60.7 Å². The van der Waals surface area contributed by atoms with Gasteiger partial charge in [0.15, 0.2) is 11.5 Å². The number of hydrogen-bond acceptors (Lipinski definition) is 9. The Kier molecular flexibility index (Phi) is 9.60. The molecule has 2 aromatic carbocycles. The first-order chi connectivity index (χ1) is 22.1. The van der Waals surface area contributed by atoms with Crippen molar-refractivity contribution in [2.24, 2.45) is 7.05 Å². The topological polar surface area (TPSA) is 152 Å². The molecule has 2 aromatic heterocycles. The number of piperazine rings is 1. The van der Waals surface area contributed by atoms with Crippen molar-refractivity contribution in [3.63, 3.8) is 0 Å². The first kappa shape index (κ1) is 33.9. The molecule has 0 saturated carbocycles. The van der Waals surface area contributed by atoms with E-state index in [2.05, 4.69) is 19.5 Å². The number of aromatic nitrogens is 2. The number of carboxylic acids is 1. The van der Waals surface area contributed by atoms with E-state index in [4.69, 9.17) is 15.2 Å². The number of nitrogens with two attached hydrogens (primary N) is 1. The summed E-state index contributed by atoms with van der Waals surface area (Å²) in [5.74, 6) is 1.66. The van der Waals surface area contributed by atoms with Gasteiger partial charge in [-0.2, -0.15) is 0 Å². The fourth-order valence-corrected chi connectivity index (χ4v) is 6.77. The van der Waals surface area contributed by atoms with E-state index in [1.54, 1.807) is 36.0 Å². The first-order valence-corrected chi connectivity index (χ1v) is 17.4. The van der Waals surface area contributed by atoms with E-state index < -0.39 is 16.0 Å². The summed E-state index contributed by atoms with van der Waals surface area (Å²) in [7, 11) is -0.172. The standard InChI is InChI=1S/C22H24N4O3.C12H20N2O3S/c1-24-18(22(27)28)12-15-4-2-6-19(21(15)24)29-17-7-8-23-20(13-17)26-11-10-25-9-3-5-16(25)14-26;1-12(2,3)8-6-9(13)11(17-4)10(7-8)14-18(5,15)16/h2,4,6-8,12-13,16H,3,5,9-11,14H2,1H3,(H,27,28);6-7,14H,13H2,1-5H3. The van der Waals surface area contributed by atoms with E-state index >= 15 is 0 Å². The van der Waals surface area contributed by atoms with Gasteiger partial charge < -0.3 is 29.8 Å². The lowest BCUT2D eigenvalue weighted by Crippen LogP contribution is -2.50. The molecule has 12 nitrogen and oxygen atoms in total. The molecule has 2 aliphatic heterocycles. The molecule has 0 aliphatic carbocycles. The number of nitrogen functional groups attached to an aromatic ring is 1. The minimum atomic E-state index is -3.37. The molecule has 2 aliphatic rings. The van der Waals surface area contributed by atoms with Gasteiger partial charge in [0, 0.05) is 50.4 Å². The van der Waals surface area contributed by atoms with Gasteiger partial charge >= 0.3 is 5.97 Å². The second-order valence-corrected chi connectivity index (χ2v) is 14.8. The summed E-state index contributed by atoms with van der Waals surface area (Å²) in [6, 6.07) is 15.3. The average Bonchev–Trinajstić information content (AvgIpc) is 3.61. The Labute approximate surface area is 276 Å². The van der Waals surface area contributed by atoms with Crippen LogP contribution in [0.2, 0.25) is 0 Å². The molecule has 4 aromatic rings. The smallest absolute Gasteiger partial charge is 0.352 e. The number of methoxy groups -OCH3 is 1. The molecule has 1 unspecified atom stereocenters. The molecule has 1 atom stereocenters. The molecule has 47 heavy (non-hydrogen) atoms. The molecule has 6 rings (SSSR count). The Balaban J connectivity index is 0.000000209. The van der Waals surface area contributed by atoms with E-state index in [1.807, 2.05) is 51.1 Å². The van der Waals surface area contributed by atoms with Gasteiger partial charge in [0.05, 0.1) is 30.3 Å². The average molecular weight is 665 g/mol. The number of nitrogens with zero attached hydrogens (tertiary/aromatic N) is 4. The zero-order valence-electron chi connectivity index (χ0n) is 27.8. The highest BCUT2D eigenvalue weighted by molar-refractivity contribution is 7.92. The largest absolute Gasteiger partial charge is 0.492 e. The third-order valence-electron chi connectivity index (χ3n) is 8.58. The fraction of sp³-hybridized carbons (Fsp3) is 0.412. The van der Waals surface area contributed by atoms with Gasteiger partial charge in [-0.25, -0.2) is 18.2 Å². The van der Waals surface area contributed by atoms with Crippen LogP contribution in [0.4, 0.5) is 17.2 Å². The van der Waals surface area contributed by atoms with Gasteiger partial charge in [0.25, 0.3) is 0 Å². The van der Waals surface area contributed by atoms with E-state index in [1.165, 1.54) is 26.5 Å². The molecular formula is C34H44N6O6S. The normalized spacial score (nSPS) is 16.7. The van der Waals surface area contributed by atoms with Crippen molar-refractivity contribution in [1.29, 1.82) is 0 Å². The number of para-hydroxylation sites is 1. The lowest BCUT2D eigenvalue weighted by molar-refractivity contribution is 0.0687. The van der Waals surface area contributed by atoms with Gasteiger partial charge in [-0.3, -0.25) is 9.62 Å². The Morgan fingerprint density at radius 1 is 1.11 bits per heavy atom. The number of carbonyl (C=O) groups is 1. The summed E-state index contributed by atoms with van der Waals surface area (Å²) in [5, 5.41) is 10.3. The van der Waals surface area contributed by atoms with Crippen molar-refractivity contribution in [1.82, 2.24) is 14.5 Å².